The Morgan fingerprint density at radius 1 is 1.24 bits per heavy atom. The average molecular weight is 373 g/mol. The summed E-state index contributed by atoms with van der Waals surface area (Å²) in [6.45, 7) is 3.51. The first-order valence-corrected chi connectivity index (χ1v) is 9.50. The van der Waals surface area contributed by atoms with Crippen LogP contribution < -0.4 is 11.2 Å². The molecule has 0 amide bonds. The number of nitrogens with zero attached hydrogens (tertiary/aromatic N) is 3. The van der Waals surface area contributed by atoms with Gasteiger partial charge in [0.2, 0.25) is 10.0 Å². The zero-order valence-electron chi connectivity index (χ0n) is 14.8. The maximum atomic E-state index is 13.0. The molecule has 0 spiro atoms. The number of carbonyl (C=O) groups is 1. The Labute approximate surface area is 145 Å². The Morgan fingerprint density at radius 3 is 2.48 bits per heavy atom. The molecule has 25 heavy (non-hydrogen) atoms. The van der Waals surface area contributed by atoms with Crippen LogP contribution in [-0.4, -0.2) is 47.5 Å². The number of rotatable bonds is 4. The normalized spacial score (nSPS) is 19.0. The highest BCUT2D eigenvalue weighted by Gasteiger charge is 2.37. The molecular weight excluding hydrogens is 350 g/mol. The molecule has 1 aliphatic rings. The molecule has 1 aromatic rings. The SMILES string of the molecule is CCOC(=O)[C@@H]1CCCN(S(=O)(=O)c2c(C)n(C)c(=O)n(C)c2=O)C1. The van der Waals surface area contributed by atoms with Crippen molar-refractivity contribution in [1.82, 2.24) is 13.4 Å². The monoisotopic (exact) mass is 373 g/mol. The molecule has 1 atom stereocenters. The second-order valence-corrected chi connectivity index (χ2v) is 7.95. The summed E-state index contributed by atoms with van der Waals surface area (Å²) >= 11 is 0. The van der Waals surface area contributed by atoms with Crippen molar-refractivity contribution in [2.24, 2.45) is 20.0 Å². The van der Waals surface area contributed by atoms with Gasteiger partial charge in [0.25, 0.3) is 5.56 Å². The third-order valence-corrected chi connectivity index (χ3v) is 6.50. The standard InChI is InChI=1S/C15H23N3O6S/c1-5-24-14(20)11-7-6-8-18(9-11)25(22,23)12-10(2)16(3)15(21)17(4)13(12)19/h11H,5-9H2,1-4H3/t11-/m1/s1. The molecule has 1 saturated heterocycles. The van der Waals surface area contributed by atoms with E-state index in [2.05, 4.69) is 0 Å². The molecule has 0 aliphatic carbocycles. The average Bonchev–Trinajstić information content (AvgIpc) is 2.58. The second kappa shape index (κ2) is 7.12. The van der Waals surface area contributed by atoms with Gasteiger partial charge in [-0.25, -0.2) is 13.2 Å². The lowest BCUT2D eigenvalue weighted by Crippen LogP contribution is -2.47. The highest BCUT2D eigenvalue weighted by atomic mass is 32.2. The number of carbonyl (C=O) groups excluding carboxylic acids is 1. The molecule has 0 unspecified atom stereocenters. The largest absolute Gasteiger partial charge is 0.466 e. The Bertz CT molecular complexity index is 899. The van der Waals surface area contributed by atoms with Gasteiger partial charge in [0.1, 0.15) is 0 Å². The minimum Gasteiger partial charge on any atom is -0.466 e. The van der Waals surface area contributed by atoms with Gasteiger partial charge in [-0.2, -0.15) is 4.31 Å². The van der Waals surface area contributed by atoms with Crippen molar-refractivity contribution in [3.63, 3.8) is 0 Å². The van der Waals surface area contributed by atoms with Crippen LogP contribution in [0.25, 0.3) is 0 Å². The third kappa shape index (κ3) is 3.40. The van der Waals surface area contributed by atoms with E-state index in [1.54, 1.807) is 6.92 Å². The van der Waals surface area contributed by atoms with Gasteiger partial charge in [-0.05, 0) is 26.7 Å². The van der Waals surface area contributed by atoms with Crippen LogP contribution in [0.3, 0.4) is 0 Å². The number of hydrogen-bond acceptors (Lipinski definition) is 6. The van der Waals surface area contributed by atoms with Gasteiger partial charge in [-0.1, -0.05) is 0 Å². The van der Waals surface area contributed by atoms with Crippen molar-refractivity contribution in [3.05, 3.63) is 26.5 Å². The summed E-state index contributed by atoms with van der Waals surface area (Å²) in [5, 5.41) is 0. The Hall–Kier alpha value is -1.94. The molecule has 0 bridgehead atoms. The van der Waals surface area contributed by atoms with E-state index < -0.39 is 38.1 Å². The van der Waals surface area contributed by atoms with E-state index in [0.29, 0.717) is 12.8 Å². The first-order valence-electron chi connectivity index (χ1n) is 8.06. The maximum Gasteiger partial charge on any atom is 0.330 e. The van der Waals surface area contributed by atoms with Gasteiger partial charge >= 0.3 is 11.7 Å². The molecule has 1 aliphatic heterocycles. The van der Waals surface area contributed by atoms with Crippen LogP contribution in [0.5, 0.6) is 0 Å². The van der Waals surface area contributed by atoms with Crippen molar-refractivity contribution >= 4 is 16.0 Å². The van der Waals surface area contributed by atoms with Crippen molar-refractivity contribution in [2.45, 2.75) is 31.6 Å². The summed E-state index contributed by atoms with van der Waals surface area (Å²) in [6.07, 6.45) is 1.03. The number of ether oxygens (including phenoxy) is 1. The van der Waals surface area contributed by atoms with Gasteiger partial charge in [0.15, 0.2) is 4.90 Å². The Morgan fingerprint density at radius 2 is 1.88 bits per heavy atom. The minimum atomic E-state index is -4.13. The number of piperidine rings is 1. The number of sulfonamides is 1. The first-order chi connectivity index (χ1) is 11.6. The zero-order valence-corrected chi connectivity index (χ0v) is 15.6. The van der Waals surface area contributed by atoms with Crippen LogP contribution in [0, 0.1) is 12.8 Å². The lowest BCUT2D eigenvalue weighted by atomic mass is 10.0. The lowest BCUT2D eigenvalue weighted by molar-refractivity contribution is -0.149. The predicted molar refractivity (Wildman–Crippen MR) is 89.8 cm³/mol. The summed E-state index contributed by atoms with van der Waals surface area (Å²) in [6, 6.07) is 0. The molecule has 1 fully saturated rings. The molecule has 140 valence electrons. The summed E-state index contributed by atoms with van der Waals surface area (Å²) in [5.74, 6) is -0.993. The van der Waals surface area contributed by atoms with Crippen molar-refractivity contribution in [1.29, 1.82) is 0 Å². The summed E-state index contributed by atoms with van der Waals surface area (Å²) in [4.78, 5) is 35.9. The Balaban J connectivity index is 2.48. The highest BCUT2D eigenvalue weighted by molar-refractivity contribution is 7.89. The molecule has 0 radical (unpaired) electrons. The fourth-order valence-corrected chi connectivity index (χ4v) is 4.83. The molecular formula is C15H23N3O6S. The van der Waals surface area contributed by atoms with Crippen LogP contribution in [0.2, 0.25) is 0 Å². The molecule has 0 saturated carbocycles. The molecule has 0 aromatic carbocycles. The highest BCUT2D eigenvalue weighted by Crippen LogP contribution is 2.24. The minimum absolute atomic E-state index is 0.0351. The van der Waals surface area contributed by atoms with Gasteiger partial charge in [0, 0.05) is 32.9 Å². The lowest BCUT2D eigenvalue weighted by Gasteiger charge is -2.31. The van der Waals surface area contributed by atoms with Crippen LogP contribution in [0.15, 0.2) is 14.5 Å². The smallest absolute Gasteiger partial charge is 0.330 e. The fraction of sp³-hybridized carbons (Fsp3) is 0.667. The quantitative estimate of drug-likeness (QED) is 0.650. The predicted octanol–water partition coefficient (Wildman–Crippen LogP) is -0.644. The zero-order chi connectivity index (χ0) is 18.9. The summed E-state index contributed by atoms with van der Waals surface area (Å²) < 4.78 is 34.0. The molecule has 1 aromatic heterocycles. The molecule has 0 N–H and O–H groups in total. The molecule has 10 heteroatoms. The molecule has 2 rings (SSSR count). The van der Waals surface area contributed by atoms with Crippen molar-refractivity contribution in [3.8, 4) is 0 Å². The topological polar surface area (TPSA) is 108 Å². The summed E-state index contributed by atoms with van der Waals surface area (Å²) in [7, 11) is -1.49. The molecule has 2 heterocycles. The first kappa shape index (κ1) is 19.4. The number of esters is 1. The maximum absolute atomic E-state index is 13.0. The molecule has 9 nitrogen and oxygen atoms in total. The van der Waals surface area contributed by atoms with E-state index in [0.717, 1.165) is 13.4 Å². The van der Waals surface area contributed by atoms with E-state index in [1.165, 1.54) is 21.0 Å². The fourth-order valence-electron chi connectivity index (χ4n) is 2.95. The third-order valence-electron chi connectivity index (χ3n) is 4.51. The van der Waals surface area contributed by atoms with Crippen LogP contribution >= 0.6 is 0 Å². The van der Waals surface area contributed by atoms with E-state index in [-0.39, 0.29) is 25.4 Å². The van der Waals surface area contributed by atoms with Crippen LogP contribution in [0.1, 0.15) is 25.5 Å². The van der Waals surface area contributed by atoms with E-state index in [9.17, 15) is 22.8 Å². The van der Waals surface area contributed by atoms with Gasteiger partial charge < -0.3 is 4.74 Å². The van der Waals surface area contributed by atoms with E-state index in [4.69, 9.17) is 4.74 Å². The van der Waals surface area contributed by atoms with Gasteiger partial charge in [-0.15, -0.1) is 0 Å². The van der Waals surface area contributed by atoms with Crippen LogP contribution in [0.4, 0.5) is 0 Å². The number of aromatic nitrogens is 2. The second-order valence-electron chi connectivity index (χ2n) is 6.07. The van der Waals surface area contributed by atoms with Crippen LogP contribution in [-0.2, 0) is 33.7 Å². The van der Waals surface area contributed by atoms with E-state index >= 15 is 0 Å². The van der Waals surface area contributed by atoms with Gasteiger partial charge in [-0.3, -0.25) is 18.7 Å². The van der Waals surface area contributed by atoms with Gasteiger partial charge in [0.05, 0.1) is 12.5 Å². The van der Waals surface area contributed by atoms with E-state index in [1.807, 2.05) is 0 Å². The van der Waals surface area contributed by atoms with Crippen molar-refractivity contribution in [2.75, 3.05) is 19.7 Å². The Kier molecular flexibility index (Phi) is 5.52. The van der Waals surface area contributed by atoms with Crippen molar-refractivity contribution < 1.29 is 17.9 Å². The summed E-state index contributed by atoms with van der Waals surface area (Å²) in [5.41, 5.74) is -1.38. The number of hydrogen-bond donors (Lipinski definition) is 0.